The van der Waals surface area contributed by atoms with Gasteiger partial charge in [0.1, 0.15) is 0 Å². The van der Waals surface area contributed by atoms with Gasteiger partial charge in [0.05, 0.1) is 6.04 Å². The number of amides is 2. The van der Waals surface area contributed by atoms with Crippen molar-refractivity contribution in [2.75, 3.05) is 0 Å². The van der Waals surface area contributed by atoms with Crippen molar-refractivity contribution in [1.29, 1.82) is 0 Å². The van der Waals surface area contributed by atoms with Crippen LogP contribution in [-0.4, -0.2) is 12.1 Å². The third kappa shape index (κ3) is 3.64. The first-order valence-corrected chi connectivity index (χ1v) is 6.76. The lowest BCUT2D eigenvalue weighted by molar-refractivity contribution is 0.232. The monoisotopic (exact) mass is 266 g/mol. The Morgan fingerprint density at radius 2 is 1.89 bits per heavy atom. The molecule has 0 spiro atoms. The van der Waals surface area contributed by atoms with E-state index in [1.54, 1.807) is 0 Å². The fraction of sp³-hybridized carbons (Fsp3) is 0.500. The summed E-state index contributed by atoms with van der Waals surface area (Å²) in [6.07, 6.45) is 2.20. The lowest BCUT2D eigenvalue weighted by Crippen LogP contribution is -2.40. The van der Waals surface area contributed by atoms with E-state index in [-0.39, 0.29) is 12.1 Å². The Labute approximate surface area is 113 Å². The van der Waals surface area contributed by atoms with Gasteiger partial charge in [0.25, 0.3) is 0 Å². The zero-order chi connectivity index (χ0) is 13.1. The predicted octanol–water partition coefficient (Wildman–Crippen LogP) is 3.50. The normalized spacial score (nSPS) is 16.4. The highest BCUT2D eigenvalue weighted by Crippen LogP contribution is 2.24. The first-order chi connectivity index (χ1) is 8.56. The van der Waals surface area contributed by atoms with Crippen LogP contribution in [0.4, 0.5) is 4.79 Å². The van der Waals surface area contributed by atoms with Crippen LogP contribution in [0.15, 0.2) is 24.3 Å². The highest BCUT2D eigenvalue weighted by molar-refractivity contribution is 6.30. The van der Waals surface area contributed by atoms with Crippen LogP contribution < -0.4 is 10.6 Å². The lowest BCUT2D eigenvalue weighted by Gasteiger charge is -2.23. The zero-order valence-corrected chi connectivity index (χ0v) is 11.5. The Kier molecular flexibility index (Phi) is 4.12. The predicted molar refractivity (Wildman–Crippen MR) is 73.7 cm³/mol. The maximum absolute atomic E-state index is 11.8. The molecule has 0 heterocycles. The maximum Gasteiger partial charge on any atom is 0.315 e. The minimum absolute atomic E-state index is 0.0148. The van der Waals surface area contributed by atoms with Gasteiger partial charge in [-0.3, -0.25) is 0 Å². The summed E-state index contributed by atoms with van der Waals surface area (Å²) in [4.78, 5) is 11.8. The number of carbonyl (C=O) groups excluding carboxylic acids is 1. The van der Waals surface area contributed by atoms with Crippen LogP contribution in [0, 0.1) is 5.92 Å². The summed E-state index contributed by atoms with van der Waals surface area (Å²) in [6.45, 7) is 4.19. The smallest absolute Gasteiger partial charge is 0.315 e. The number of hydrogen-bond acceptors (Lipinski definition) is 1. The molecule has 0 saturated heterocycles. The largest absolute Gasteiger partial charge is 0.335 e. The molecule has 1 aliphatic carbocycles. The van der Waals surface area contributed by atoms with E-state index >= 15 is 0 Å². The second-order valence-corrected chi connectivity index (χ2v) is 5.60. The average molecular weight is 267 g/mol. The Morgan fingerprint density at radius 3 is 2.39 bits per heavy atom. The molecule has 3 nitrogen and oxygen atoms in total. The summed E-state index contributed by atoms with van der Waals surface area (Å²) in [5, 5.41) is 6.69. The SMILES string of the molecule is CC(C)[C@H](NC(=O)NC1CC1)c1ccc(Cl)cc1. The molecule has 2 rings (SSSR count). The van der Waals surface area contributed by atoms with Gasteiger partial charge in [-0.25, -0.2) is 4.79 Å². The quantitative estimate of drug-likeness (QED) is 0.860. The number of hydrogen-bond donors (Lipinski definition) is 2. The molecule has 0 bridgehead atoms. The van der Waals surface area contributed by atoms with Crippen molar-refractivity contribution in [2.24, 2.45) is 5.92 Å². The number of urea groups is 1. The maximum atomic E-state index is 11.8. The molecule has 1 aliphatic rings. The molecule has 0 radical (unpaired) electrons. The van der Waals surface area contributed by atoms with Gasteiger partial charge < -0.3 is 10.6 Å². The fourth-order valence-electron chi connectivity index (χ4n) is 1.90. The van der Waals surface area contributed by atoms with Crippen molar-refractivity contribution in [1.82, 2.24) is 10.6 Å². The van der Waals surface area contributed by atoms with Gasteiger partial charge in [0.2, 0.25) is 0 Å². The van der Waals surface area contributed by atoms with E-state index in [9.17, 15) is 4.79 Å². The summed E-state index contributed by atoms with van der Waals surface area (Å²) >= 11 is 5.88. The van der Waals surface area contributed by atoms with Gasteiger partial charge in [-0.2, -0.15) is 0 Å². The van der Waals surface area contributed by atoms with Crippen molar-refractivity contribution in [3.63, 3.8) is 0 Å². The van der Waals surface area contributed by atoms with Crippen LogP contribution in [-0.2, 0) is 0 Å². The van der Waals surface area contributed by atoms with Gasteiger partial charge in [0.15, 0.2) is 0 Å². The number of halogens is 1. The van der Waals surface area contributed by atoms with Crippen LogP contribution in [0.25, 0.3) is 0 Å². The van der Waals surface area contributed by atoms with Crippen LogP contribution in [0.2, 0.25) is 5.02 Å². The van der Waals surface area contributed by atoms with Gasteiger partial charge in [-0.1, -0.05) is 37.6 Å². The van der Waals surface area contributed by atoms with Crippen molar-refractivity contribution >= 4 is 17.6 Å². The molecule has 1 aromatic rings. The van der Waals surface area contributed by atoms with E-state index in [4.69, 9.17) is 11.6 Å². The third-order valence-electron chi connectivity index (χ3n) is 3.09. The number of rotatable bonds is 4. The Balaban J connectivity index is 2.02. The van der Waals surface area contributed by atoms with E-state index in [1.807, 2.05) is 24.3 Å². The minimum Gasteiger partial charge on any atom is -0.335 e. The third-order valence-corrected chi connectivity index (χ3v) is 3.35. The molecular weight excluding hydrogens is 248 g/mol. The van der Waals surface area contributed by atoms with Gasteiger partial charge >= 0.3 is 6.03 Å². The molecule has 98 valence electrons. The second-order valence-electron chi connectivity index (χ2n) is 5.17. The molecule has 1 fully saturated rings. The van der Waals surface area contributed by atoms with Crippen LogP contribution in [0.3, 0.4) is 0 Å². The number of benzene rings is 1. The van der Waals surface area contributed by atoms with E-state index in [1.165, 1.54) is 0 Å². The van der Waals surface area contributed by atoms with Gasteiger partial charge in [0, 0.05) is 11.1 Å². The highest BCUT2D eigenvalue weighted by atomic mass is 35.5. The molecule has 1 saturated carbocycles. The van der Waals surface area contributed by atoms with Gasteiger partial charge in [-0.15, -0.1) is 0 Å². The standard InChI is InChI=1S/C14H19ClN2O/c1-9(2)13(10-3-5-11(15)6-4-10)17-14(18)16-12-7-8-12/h3-6,9,12-13H,7-8H2,1-2H3,(H2,16,17,18)/t13-/m0/s1. The van der Waals surface area contributed by atoms with Crippen LogP contribution >= 0.6 is 11.6 Å². The first-order valence-electron chi connectivity index (χ1n) is 6.39. The van der Waals surface area contributed by atoms with Crippen molar-refractivity contribution in [2.45, 2.75) is 38.8 Å². The molecule has 0 aromatic heterocycles. The van der Waals surface area contributed by atoms with Crippen LogP contribution in [0.5, 0.6) is 0 Å². The first kappa shape index (κ1) is 13.2. The van der Waals surface area contributed by atoms with Crippen molar-refractivity contribution in [3.8, 4) is 0 Å². The Bertz CT molecular complexity index is 412. The molecule has 18 heavy (non-hydrogen) atoms. The van der Waals surface area contributed by atoms with E-state index in [0.717, 1.165) is 18.4 Å². The average Bonchev–Trinajstić information content (AvgIpc) is 3.11. The van der Waals surface area contributed by atoms with Crippen molar-refractivity contribution in [3.05, 3.63) is 34.9 Å². The van der Waals surface area contributed by atoms with E-state index < -0.39 is 0 Å². The number of carbonyl (C=O) groups is 1. The Morgan fingerprint density at radius 1 is 1.28 bits per heavy atom. The summed E-state index contributed by atoms with van der Waals surface area (Å²) < 4.78 is 0. The molecule has 2 N–H and O–H groups in total. The second kappa shape index (κ2) is 5.61. The molecule has 0 unspecified atom stereocenters. The molecule has 1 aromatic carbocycles. The van der Waals surface area contributed by atoms with E-state index in [2.05, 4.69) is 24.5 Å². The summed E-state index contributed by atoms with van der Waals surface area (Å²) in [5.41, 5.74) is 1.08. The highest BCUT2D eigenvalue weighted by Gasteiger charge is 2.25. The zero-order valence-electron chi connectivity index (χ0n) is 10.7. The fourth-order valence-corrected chi connectivity index (χ4v) is 2.03. The molecule has 2 amide bonds. The lowest BCUT2D eigenvalue weighted by atomic mass is 9.96. The van der Waals surface area contributed by atoms with E-state index in [0.29, 0.717) is 17.0 Å². The topological polar surface area (TPSA) is 41.1 Å². The minimum atomic E-state index is -0.0776. The van der Waals surface area contributed by atoms with Gasteiger partial charge in [-0.05, 0) is 36.5 Å². The molecule has 1 atom stereocenters. The molecule has 0 aliphatic heterocycles. The summed E-state index contributed by atoms with van der Waals surface area (Å²) in [5.74, 6) is 0.330. The van der Waals surface area contributed by atoms with Crippen molar-refractivity contribution < 1.29 is 4.79 Å². The Hall–Kier alpha value is -1.22. The number of nitrogens with one attached hydrogen (secondary N) is 2. The summed E-state index contributed by atoms with van der Waals surface area (Å²) in [7, 11) is 0. The molecular formula is C14H19ClN2O. The van der Waals surface area contributed by atoms with Crippen LogP contribution in [0.1, 0.15) is 38.3 Å². The summed E-state index contributed by atoms with van der Waals surface area (Å²) in [6, 6.07) is 7.95. The molecule has 4 heteroatoms.